The predicted molar refractivity (Wildman–Crippen MR) is 89.0 cm³/mol. The second-order valence-electron chi connectivity index (χ2n) is 5.51. The monoisotopic (exact) mass is 311 g/mol. The van der Waals surface area contributed by atoms with Crippen LogP contribution in [0.1, 0.15) is 5.56 Å². The van der Waals surface area contributed by atoms with Crippen LogP contribution in [0.15, 0.2) is 48.8 Å². The Kier molecular flexibility index (Phi) is 5.16. The molecule has 1 aliphatic heterocycles. The summed E-state index contributed by atoms with van der Waals surface area (Å²) in [6.45, 7) is 4.05. The van der Waals surface area contributed by atoms with Gasteiger partial charge < -0.3 is 15.1 Å². The maximum absolute atomic E-state index is 12.2. The van der Waals surface area contributed by atoms with Crippen LogP contribution in [0, 0.1) is 0 Å². The Bertz CT molecular complexity index is 611. The molecule has 2 aromatic rings. The van der Waals surface area contributed by atoms with E-state index in [1.54, 1.807) is 12.4 Å². The van der Waals surface area contributed by atoms with Crippen LogP contribution < -0.4 is 10.2 Å². The number of amides is 1. The molecule has 3 rings (SSSR count). The molecule has 0 radical (unpaired) electrons. The third-order valence-electron chi connectivity index (χ3n) is 3.92. The molecule has 1 aromatic carbocycles. The third kappa shape index (κ3) is 4.26. The number of carbonyl (C=O) groups excluding carboxylic acids is 1. The fraction of sp³-hybridized carbons (Fsp3) is 0.353. The second-order valence-corrected chi connectivity index (χ2v) is 5.51. The summed E-state index contributed by atoms with van der Waals surface area (Å²) in [7, 11) is 0. The highest BCUT2D eigenvalue weighted by atomic mass is 16.2. The first kappa shape index (κ1) is 15.4. The lowest BCUT2D eigenvalue weighted by Gasteiger charge is -2.34. The first-order valence-electron chi connectivity index (χ1n) is 7.87. The minimum absolute atomic E-state index is 0.148. The van der Waals surface area contributed by atoms with Gasteiger partial charge in [-0.3, -0.25) is 4.79 Å². The summed E-state index contributed by atoms with van der Waals surface area (Å²) in [4.78, 5) is 24.8. The molecule has 0 bridgehead atoms. The molecular formula is C17H21N5O. The van der Waals surface area contributed by atoms with Gasteiger partial charge in [-0.25, -0.2) is 9.97 Å². The molecule has 1 amide bonds. The quantitative estimate of drug-likeness (QED) is 0.889. The Morgan fingerprint density at radius 3 is 2.39 bits per heavy atom. The van der Waals surface area contributed by atoms with E-state index in [-0.39, 0.29) is 5.91 Å². The lowest BCUT2D eigenvalue weighted by atomic mass is 10.2. The maximum atomic E-state index is 12.2. The van der Waals surface area contributed by atoms with Crippen LogP contribution in [0.3, 0.4) is 0 Å². The number of hydrogen-bond acceptors (Lipinski definition) is 5. The van der Waals surface area contributed by atoms with Gasteiger partial charge in [-0.05, 0) is 11.6 Å². The molecular weight excluding hydrogens is 290 g/mol. The Morgan fingerprint density at radius 2 is 1.70 bits per heavy atom. The number of piperazine rings is 1. The van der Waals surface area contributed by atoms with Crippen LogP contribution in [0.5, 0.6) is 0 Å². The van der Waals surface area contributed by atoms with Gasteiger partial charge in [0.05, 0.1) is 6.54 Å². The number of rotatable bonds is 5. The number of benzene rings is 1. The van der Waals surface area contributed by atoms with Gasteiger partial charge in [0.1, 0.15) is 0 Å². The standard InChI is InChI=1S/C17H21N5O/c23-16(14-18-13-15-5-2-1-3-6-15)21-9-11-22(12-10-21)17-19-7-4-8-20-17/h1-8,18H,9-14H2. The molecule has 1 aliphatic rings. The predicted octanol–water partition coefficient (Wildman–Crippen LogP) is 0.915. The van der Waals surface area contributed by atoms with E-state index in [1.807, 2.05) is 29.2 Å². The number of nitrogens with one attached hydrogen (secondary N) is 1. The van der Waals surface area contributed by atoms with Crippen molar-refractivity contribution in [2.75, 3.05) is 37.6 Å². The second kappa shape index (κ2) is 7.69. The van der Waals surface area contributed by atoms with Gasteiger partial charge in [-0.2, -0.15) is 0 Å². The molecule has 6 heteroatoms. The van der Waals surface area contributed by atoms with E-state index >= 15 is 0 Å². The molecule has 0 saturated carbocycles. The van der Waals surface area contributed by atoms with Crippen LogP contribution in [-0.4, -0.2) is 53.5 Å². The summed E-state index contributed by atoms with van der Waals surface area (Å²) in [6.07, 6.45) is 3.49. The van der Waals surface area contributed by atoms with E-state index < -0.39 is 0 Å². The molecule has 1 saturated heterocycles. The van der Waals surface area contributed by atoms with Crippen molar-refractivity contribution in [3.05, 3.63) is 54.4 Å². The lowest BCUT2D eigenvalue weighted by Crippen LogP contribution is -2.51. The molecule has 120 valence electrons. The fourth-order valence-electron chi connectivity index (χ4n) is 2.63. The van der Waals surface area contributed by atoms with Gasteiger partial charge in [0.25, 0.3) is 0 Å². The highest BCUT2D eigenvalue weighted by Crippen LogP contribution is 2.09. The highest BCUT2D eigenvalue weighted by Gasteiger charge is 2.21. The van der Waals surface area contributed by atoms with Crippen molar-refractivity contribution in [1.29, 1.82) is 0 Å². The number of hydrogen-bond donors (Lipinski definition) is 1. The van der Waals surface area contributed by atoms with Crippen LogP contribution in [0.2, 0.25) is 0 Å². The van der Waals surface area contributed by atoms with Crippen molar-refractivity contribution >= 4 is 11.9 Å². The largest absolute Gasteiger partial charge is 0.338 e. The fourth-order valence-corrected chi connectivity index (χ4v) is 2.63. The summed E-state index contributed by atoms with van der Waals surface area (Å²) in [5.41, 5.74) is 1.19. The SMILES string of the molecule is O=C(CNCc1ccccc1)N1CCN(c2ncccn2)CC1. The smallest absolute Gasteiger partial charge is 0.236 e. The van der Waals surface area contributed by atoms with Crippen molar-refractivity contribution in [2.24, 2.45) is 0 Å². The lowest BCUT2D eigenvalue weighted by molar-refractivity contribution is -0.130. The molecule has 6 nitrogen and oxygen atoms in total. The van der Waals surface area contributed by atoms with Gasteiger partial charge in [0, 0.05) is 45.1 Å². The van der Waals surface area contributed by atoms with E-state index in [2.05, 4.69) is 32.3 Å². The molecule has 1 N–H and O–H groups in total. The van der Waals surface area contributed by atoms with Crippen molar-refractivity contribution in [1.82, 2.24) is 20.2 Å². The average Bonchev–Trinajstić information content (AvgIpc) is 2.63. The molecule has 2 heterocycles. The summed E-state index contributed by atoms with van der Waals surface area (Å²) >= 11 is 0. The number of nitrogens with zero attached hydrogens (tertiary/aromatic N) is 4. The normalized spacial score (nSPS) is 14.8. The number of anilines is 1. The van der Waals surface area contributed by atoms with Gasteiger partial charge in [0.15, 0.2) is 0 Å². The molecule has 0 aliphatic carbocycles. The zero-order chi connectivity index (χ0) is 15.9. The minimum atomic E-state index is 0.148. The average molecular weight is 311 g/mol. The van der Waals surface area contributed by atoms with Gasteiger partial charge in [-0.1, -0.05) is 30.3 Å². The van der Waals surface area contributed by atoms with E-state index in [4.69, 9.17) is 0 Å². The molecule has 1 aromatic heterocycles. The Hall–Kier alpha value is -2.47. The van der Waals surface area contributed by atoms with Crippen molar-refractivity contribution in [3.63, 3.8) is 0 Å². The molecule has 0 unspecified atom stereocenters. The van der Waals surface area contributed by atoms with Crippen molar-refractivity contribution in [2.45, 2.75) is 6.54 Å². The van der Waals surface area contributed by atoms with E-state index in [0.717, 1.165) is 19.0 Å². The zero-order valence-corrected chi connectivity index (χ0v) is 13.1. The van der Waals surface area contributed by atoms with Crippen LogP contribution in [0.25, 0.3) is 0 Å². The van der Waals surface area contributed by atoms with Crippen LogP contribution in [0.4, 0.5) is 5.95 Å². The van der Waals surface area contributed by atoms with E-state index in [0.29, 0.717) is 26.2 Å². The minimum Gasteiger partial charge on any atom is -0.338 e. The number of aromatic nitrogens is 2. The van der Waals surface area contributed by atoms with Gasteiger partial charge >= 0.3 is 0 Å². The van der Waals surface area contributed by atoms with E-state index in [9.17, 15) is 4.79 Å². The Balaban J connectivity index is 1.41. The first-order chi connectivity index (χ1) is 11.3. The van der Waals surface area contributed by atoms with Gasteiger partial charge in [-0.15, -0.1) is 0 Å². The van der Waals surface area contributed by atoms with Crippen LogP contribution in [-0.2, 0) is 11.3 Å². The Morgan fingerprint density at radius 1 is 1.00 bits per heavy atom. The van der Waals surface area contributed by atoms with E-state index in [1.165, 1.54) is 5.56 Å². The molecule has 1 fully saturated rings. The van der Waals surface area contributed by atoms with Crippen molar-refractivity contribution in [3.8, 4) is 0 Å². The van der Waals surface area contributed by atoms with Gasteiger partial charge in [0.2, 0.25) is 11.9 Å². The van der Waals surface area contributed by atoms with Crippen molar-refractivity contribution < 1.29 is 4.79 Å². The van der Waals surface area contributed by atoms with Crippen LogP contribution >= 0.6 is 0 Å². The number of carbonyl (C=O) groups is 1. The third-order valence-corrected chi connectivity index (χ3v) is 3.92. The molecule has 0 atom stereocenters. The molecule has 0 spiro atoms. The first-order valence-corrected chi connectivity index (χ1v) is 7.87. The maximum Gasteiger partial charge on any atom is 0.236 e. The topological polar surface area (TPSA) is 61.4 Å². The summed E-state index contributed by atoms with van der Waals surface area (Å²) in [6, 6.07) is 11.9. The summed E-state index contributed by atoms with van der Waals surface area (Å²) in [5.74, 6) is 0.886. The molecule has 23 heavy (non-hydrogen) atoms. The summed E-state index contributed by atoms with van der Waals surface area (Å²) < 4.78 is 0. The zero-order valence-electron chi connectivity index (χ0n) is 13.1. The Labute approximate surface area is 136 Å². The highest BCUT2D eigenvalue weighted by molar-refractivity contribution is 5.78. The summed E-state index contributed by atoms with van der Waals surface area (Å²) in [5, 5.41) is 3.21.